The number of anilines is 1. The fraction of sp³-hybridized carbons (Fsp3) is 0.550. The minimum atomic E-state index is -0.300. The predicted molar refractivity (Wildman–Crippen MR) is 110 cm³/mol. The largest absolute Gasteiger partial charge is 0.468 e. The van der Waals surface area contributed by atoms with Crippen LogP contribution < -0.4 is 4.90 Å². The molecule has 3 aromatic heterocycles. The molecule has 0 radical (unpaired) electrons. The van der Waals surface area contributed by atoms with Crippen LogP contribution in [0.4, 0.5) is 5.82 Å². The van der Waals surface area contributed by atoms with E-state index in [0.717, 1.165) is 48.9 Å². The van der Waals surface area contributed by atoms with Gasteiger partial charge in [0.15, 0.2) is 17.0 Å². The van der Waals surface area contributed by atoms with E-state index in [1.165, 1.54) is 0 Å². The van der Waals surface area contributed by atoms with Crippen molar-refractivity contribution in [3.8, 4) is 0 Å². The Hall–Kier alpha value is -2.53. The predicted octanol–water partition coefficient (Wildman–Crippen LogP) is 0.563. The Balaban J connectivity index is 1.41. The Kier molecular flexibility index (Phi) is 5.38. The maximum Gasteiger partial charge on any atom is 0.167 e. The molecule has 160 valence electrons. The Morgan fingerprint density at radius 3 is 2.77 bits per heavy atom. The third kappa shape index (κ3) is 3.79. The summed E-state index contributed by atoms with van der Waals surface area (Å²) < 4.78 is 13.6. The molecule has 1 N–H and O–H groups in total. The van der Waals surface area contributed by atoms with Crippen molar-refractivity contribution in [3.63, 3.8) is 0 Å². The lowest BCUT2D eigenvalue weighted by Gasteiger charge is -2.37. The van der Waals surface area contributed by atoms with E-state index >= 15 is 0 Å². The molecule has 0 amide bonds. The van der Waals surface area contributed by atoms with Crippen LogP contribution in [0.15, 0.2) is 35.5 Å². The third-order valence-electron chi connectivity index (χ3n) is 5.84. The van der Waals surface area contributed by atoms with E-state index < -0.39 is 0 Å². The summed E-state index contributed by atoms with van der Waals surface area (Å²) in [4.78, 5) is 20.5. The number of aliphatic hydroxyl groups excluding tert-OH is 1. The number of hydrogen-bond acceptors (Lipinski definition) is 9. The van der Waals surface area contributed by atoms with Crippen LogP contribution in [0.5, 0.6) is 0 Å². The Morgan fingerprint density at radius 1 is 1.13 bits per heavy atom. The highest BCUT2D eigenvalue weighted by molar-refractivity contribution is 5.83. The normalized spacial score (nSPS) is 24.0. The van der Waals surface area contributed by atoms with E-state index in [1.54, 1.807) is 18.9 Å². The van der Waals surface area contributed by atoms with Gasteiger partial charge in [0.25, 0.3) is 0 Å². The highest BCUT2D eigenvalue weighted by atomic mass is 16.5. The second-order valence-electron chi connectivity index (χ2n) is 7.98. The van der Waals surface area contributed by atoms with Crippen LogP contribution in [-0.2, 0) is 11.3 Å². The third-order valence-corrected chi connectivity index (χ3v) is 5.84. The van der Waals surface area contributed by atoms with Gasteiger partial charge in [-0.15, -0.1) is 0 Å². The van der Waals surface area contributed by atoms with Gasteiger partial charge in [0.1, 0.15) is 18.3 Å². The van der Waals surface area contributed by atoms with Crippen molar-refractivity contribution in [2.75, 3.05) is 57.8 Å². The van der Waals surface area contributed by atoms with Crippen LogP contribution in [-0.4, -0.2) is 93.5 Å². The molecule has 0 aliphatic carbocycles. The number of aromatic nitrogens is 4. The first-order valence-electron chi connectivity index (χ1n) is 10.3. The molecular formula is C20H27N7O3. The van der Waals surface area contributed by atoms with Crippen LogP contribution in [0.1, 0.15) is 12.0 Å². The maximum absolute atomic E-state index is 9.76. The molecule has 5 rings (SSSR count). The van der Waals surface area contributed by atoms with Crippen LogP contribution in [0.2, 0.25) is 0 Å². The van der Waals surface area contributed by atoms with Crippen LogP contribution >= 0.6 is 0 Å². The molecule has 0 spiro atoms. The summed E-state index contributed by atoms with van der Waals surface area (Å²) in [6, 6.07) is 3.84. The molecule has 30 heavy (non-hydrogen) atoms. The maximum atomic E-state index is 9.76. The van der Waals surface area contributed by atoms with Gasteiger partial charge in [-0.1, -0.05) is 0 Å². The van der Waals surface area contributed by atoms with Gasteiger partial charge >= 0.3 is 0 Å². The van der Waals surface area contributed by atoms with Gasteiger partial charge in [-0.2, -0.15) is 0 Å². The van der Waals surface area contributed by atoms with Crippen LogP contribution in [0, 0.1) is 0 Å². The number of imidazole rings is 1. The molecular weight excluding hydrogens is 386 g/mol. The Bertz CT molecular complexity index is 968. The first kappa shape index (κ1) is 19.4. The molecule has 2 aliphatic rings. The van der Waals surface area contributed by atoms with Crippen molar-refractivity contribution in [2.45, 2.75) is 18.9 Å². The zero-order valence-corrected chi connectivity index (χ0v) is 17.1. The fourth-order valence-corrected chi connectivity index (χ4v) is 4.20. The lowest BCUT2D eigenvalue weighted by molar-refractivity contribution is -0.136. The number of ether oxygens (including phenoxy) is 1. The molecule has 0 saturated carbocycles. The monoisotopic (exact) mass is 413 g/mol. The quantitative estimate of drug-likeness (QED) is 0.644. The molecule has 2 atom stereocenters. The highest BCUT2D eigenvalue weighted by Crippen LogP contribution is 2.28. The standard InChI is InChI=1S/C20H27N7O3/c1-24-4-6-26(7-5-24)19-18-20(22-13-21-19)27(14-23-18)17-11-25(10-16(12-28)30-17)9-15-3-2-8-29-15/h2-3,8,13-14,16-17,28H,4-7,9-12H2,1H3/t16-,17+/m0/s1. The summed E-state index contributed by atoms with van der Waals surface area (Å²) in [5.74, 6) is 1.76. The second kappa shape index (κ2) is 8.31. The van der Waals surface area contributed by atoms with Gasteiger partial charge in [0, 0.05) is 39.3 Å². The molecule has 2 saturated heterocycles. The van der Waals surface area contributed by atoms with Crippen LogP contribution in [0.3, 0.4) is 0 Å². The van der Waals surface area contributed by atoms with E-state index in [4.69, 9.17) is 9.15 Å². The van der Waals surface area contributed by atoms with E-state index in [1.807, 2.05) is 16.7 Å². The van der Waals surface area contributed by atoms with Crippen molar-refractivity contribution in [1.82, 2.24) is 29.3 Å². The minimum absolute atomic E-state index is 0.0423. The first-order valence-corrected chi connectivity index (χ1v) is 10.3. The molecule has 2 aliphatic heterocycles. The number of furan rings is 1. The molecule has 5 heterocycles. The molecule has 10 nitrogen and oxygen atoms in total. The molecule has 0 bridgehead atoms. The number of nitrogens with zero attached hydrogens (tertiary/aromatic N) is 7. The second-order valence-corrected chi connectivity index (χ2v) is 7.98. The Labute approximate surface area is 174 Å². The van der Waals surface area contributed by atoms with Gasteiger partial charge in [-0.3, -0.25) is 9.47 Å². The SMILES string of the molecule is CN1CCN(c2ncnc3c2ncn3[C@H]2CN(Cc3ccco3)C[C@@H](CO)O2)CC1. The van der Waals surface area contributed by atoms with Gasteiger partial charge in [-0.05, 0) is 19.2 Å². The summed E-state index contributed by atoms with van der Waals surface area (Å²) in [5.41, 5.74) is 1.54. The van der Waals surface area contributed by atoms with Gasteiger partial charge in [0.2, 0.25) is 0 Å². The highest BCUT2D eigenvalue weighted by Gasteiger charge is 2.31. The average molecular weight is 413 g/mol. The van der Waals surface area contributed by atoms with Crippen molar-refractivity contribution in [3.05, 3.63) is 36.8 Å². The number of morpholine rings is 1. The lowest BCUT2D eigenvalue weighted by Crippen LogP contribution is -2.46. The van der Waals surface area contributed by atoms with E-state index in [9.17, 15) is 5.11 Å². The average Bonchev–Trinajstić information content (AvgIpc) is 3.43. The van der Waals surface area contributed by atoms with Gasteiger partial charge in [-0.25, -0.2) is 15.0 Å². The molecule has 3 aromatic rings. The van der Waals surface area contributed by atoms with Crippen LogP contribution in [0.25, 0.3) is 11.2 Å². The summed E-state index contributed by atoms with van der Waals surface area (Å²) in [6.07, 6.45) is 4.47. The number of likely N-dealkylation sites (N-methyl/N-ethyl adjacent to an activating group) is 1. The number of fused-ring (bicyclic) bond motifs is 1. The molecule has 10 heteroatoms. The van der Waals surface area contributed by atoms with Crippen molar-refractivity contribution in [2.24, 2.45) is 0 Å². The number of rotatable bonds is 5. The van der Waals surface area contributed by atoms with Crippen molar-refractivity contribution in [1.29, 1.82) is 0 Å². The van der Waals surface area contributed by atoms with E-state index in [2.05, 4.69) is 36.7 Å². The Morgan fingerprint density at radius 2 is 2.00 bits per heavy atom. The number of aliphatic hydroxyl groups is 1. The first-order chi connectivity index (χ1) is 14.7. The summed E-state index contributed by atoms with van der Waals surface area (Å²) in [5, 5.41) is 9.76. The topological polar surface area (TPSA) is 95.9 Å². The zero-order valence-electron chi connectivity index (χ0n) is 17.1. The van der Waals surface area contributed by atoms with E-state index in [0.29, 0.717) is 19.6 Å². The summed E-state index contributed by atoms with van der Waals surface area (Å²) >= 11 is 0. The van der Waals surface area contributed by atoms with Crippen molar-refractivity contribution >= 4 is 17.0 Å². The van der Waals surface area contributed by atoms with Crippen molar-refractivity contribution < 1.29 is 14.3 Å². The fourth-order valence-electron chi connectivity index (χ4n) is 4.20. The summed E-state index contributed by atoms with van der Waals surface area (Å²) in [6.45, 7) is 5.74. The van der Waals surface area contributed by atoms with E-state index in [-0.39, 0.29) is 18.9 Å². The van der Waals surface area contributed by atoms with Gasteiger partial charge in [0.05, 0.1) is 31.8 Å². The molecule has 0 unspecified atom stereocenters. The van der Waals surface area contributed by atoms with Gasteiger partial charge < -0.3 is 24.1 Å². The smallest absolute Gasteiger partial charge is 0.167 e. The number of piperazine rings is 1. The molecule has 0 aromatic carbocycles. The number of hydrogen-bond donors (Lipinski definition) is 1. The summed E-state index contributed by atoms with van der Waals surface area (Å²) in [7, 11) is 2.13. The zero-order chi connectivity index (χ0) is 20.5. The lowest BCUT2D eigenvalue weighted by atomic mass is 10.2. The molecule has 2 fully saturated rings. The minimum Gasteiger partial charge on any atom is -0.468 e.